The lowest BCUT2D eigenvalue weighted by Crippen LogP contribution is -2.32. The Balaban J connectivity index is 1.26. The first-order valence-electron chi connectivity index (χ1n) is 13.4. The van der Waals surface area contributed by atoms with Crippen molar-refractivity contribution in [3.05, 3.63) is 0 Å². The molecule has 0 aliphatic carbocycles. The largest absolute Gasteiger partial charge is 0.343 e. The van der Waals surface area contributed by atoms with Gasteiger partial charge in [0.05, 0.1) is 0 Å². The first-order valence-corrected chi connectivity index (χ1v) is 22.9. The van der Waals surface area contributed by atoms with Crippen LogP contribution < -0.4 is 0 Å². The van der Waals surface area contributed by atoms with E-state index in [-0.39, 0.29) is 51.8 Å². The highest BCUT2D eigenvalue weighted by Gasteiger charge is 2.55. The summed E-state index contributed by atoms with van der Waals surface area (Å²) in [6.45, 7) is 10.7. The summed E-state index contributed by atoms with van der Waals surface area (Å²) in [4.78, 5) is -0.986. The van der Waals surface area contributed by atoms with E-state index < -0.39 is 0 Å². The summed E-state index contributed by atoms with van der Waals surface area (Å²) in [6.07, 6.45) is 0. The van der Waals surface area contributed by atoms with Crippen LogP contribution in [0.2, 0.25) is 0 Å². The first-order chi connectivity index (χ1) is 19.1. The molecule has 5 nitrogen and oxygen atoms in total. The van der Waals surface area contributed by atoms with Crippen LogP contribution in [0.15, 0.2) is 0 Å². The van der Waals surface area contributed by atoms with Crippen molar-refractivity contribution < 1.29 is 23.7 Å². The third kappa shape index (κ3) is 9.80. The minimum Gasteiger partial charge on any atom is -0.343 e. The fourth-order valence-corrected chi connectivity index (χ4v) is 16.1. The minimum atomic E-state index is -0.219. The summed E-state index contributed by atoms with van der Waals surface area (Å²) in [5, 5.41) is 1.24. The third-order valence-electron chi connectivity index (χ3n) is 7.45. The highest BCUT2D eigenvalue weighted by molar-refractivity contribution is 8.10. The average molecular weight is 793 g/mol. The van der Waals surface area contributed by atoms with Crippen LogP contribution in [-0.2, 0) is 23.7 Å². The van der Waals surface area contributed by atoms with Gasteiger partial charge in [0, 0.05) is 50.3 Å². The molecule has 17 heteroatoms. The Kier molecular flexibility index (Phi) is 12.5. The Labute approximate surface area is 302 Å². The second kappa shape index (κ2) is 14.1. The SMILES string of the molecule is CC1(SCCSC(CSC2(C)OC2S)C(CSC2(C)OC2S)SC(CSC2(C)OC2S)CSC2(C)OC2S)OC1S. The molecule has 0 radical (unpaired) electrons. The van der Waals surface area contributed by atoms with Crippen LogP contribution >= 0.6 is 145 Å². The van der Waals surface area contributed by atoms with Gasteiger partial charge in [-0.2, -0.15) is 23.5 Å². The van der Waals surface area contributed by atoms with Crippen molar-refractivity contribution in [1.82, 2.24) is 0 Å². The van der Waals surface area contributed by atoms with Crippen LogP contribution in [0.5, 0.6) is 0 Å². The lowest BCUT2D eigenvalue weighted by atomic mass is 10.3. The van der Waals surface area contributed by atoms with Crippen molar-refractivity contribution in [2.45, 2.75) is 102 Å². The molecular weight excluding hydrogens is 753 g/mol. The van der Waals surface area contributed by atoms with Gasteiger partial charge in [0.25, 0.3) is 0 Å². The topological polar surface area (TPSA) is 62.6 Å². The van der Waals surface area contributed by atoms with Gasteiger partial charge in [0.2, 0.25) is 0 Å². The van der Waals surface area contributed by atoms with Gasteiger partial charge in [-0.3, -0.25) is 0 Å². The van der Waals surface area contributed by atoms with Crippen LogP contribution in [0.1, 0.15) is 34.6 Å². The molecule has 12 unspecified atom stereocenters. The van der Waals surface area contributed by atoms with E-state index in [2.05, 4.69) is 121 Å². The fourth-order valence-electron chi connectivity index (χ4n) is 3.79. The van der Waals surface area contributed by atoms with Gasteiger partial charge < -0.3 is 23.7 Å². The molecule has 0 N–H and O–H groups in total. The van der Waals surface area contributed by atoms with E-state index in [0.29, 0.717) is 15.7 Å². The van der Waals surface area contributed by atoms with Gasteiger partial charge in [-0.1, -0.05) is 0 Å². The summed E-state index contributed by atoms with van der Waals surface area (Å²) in [5.74, 6) is 6.04. The van der Waals surface area contributed by atoms with Crippen LogP contribution in [0.3, 0.4) is 0 Å². The highest BCUT2D eigenvalue weighted by atomic mass is 32.2. The number of ether oxygens (including phenoxy) is 5. The van der Waals surface area contributed by atoms with E-state index in [1.165, 1.54) is 0 Å². The van der Waals surface area contributed by atoms with Crippen LogP contribution in [0, 0.1) is 0 Å². The minimum absolute atomic E-state index is 0.000312. The number of rotatable bonds is 20. The number of epoxide rings is 5. The van der Waals surface area contributed by atoms with E-state index in [1.807, 2.05) is 58.8 Å². The zero-order valence-electron chi connectivity index (χ0n) is 23.5. The Morgan fingerprint density at radius 2 is 0.805 bits per heavy atom. The molecule has 0 aromatic heterocycles. The molecule has 0 saturated carbocycles. The van der Waals surface area contributed by atoms with Crippen molar-refractivity contribution >= 4 is 145 Å². The maximum Gasteiger partial charge on any atom is 0.147 e. The molecule has 0 bridgehead atoms. The molecular formula is C24H40O5S12. The lowest BCUT2D eigenvalue weighted by Gasteiger charge is -2.31. The number of thiol groups is 5. The molecule has 5 saturated heterocycles. The molecule has 0 aromatic carbocycles. The third-order valence-corrected chi connectivity index (χ3v) is 22.5. The van der Waals surface area contributed by atoms with E-state index in [1.54, 1.807) is 0 Å². The molecule has 0 aromatic rings. The van der Waals surface area contributed by atoms with Gasteiger partial charge in [0.15, 0.2) is 0 Å². The Hall–Kier alpha value is 4.00. The molecule has 0 amide bonds. The second-order valence-electron chi connectivity index (χ2n) is 11.2. The summed E-state index contributed by atoms with van der Waals surface area (Å²) in [5.41, 5.74) is 0.0347. The standard InChI is InChI=1S/C24H40O5S12/c1-20(15(30)25-20)36-7-6-35-13(10-39-23(4)18(33)28-23)14(11-40-24(5)19(34)29-24)41-12(8-37-21(2)16(31)26-21)9-38-22(3)17(32)27-22/h12-19,30-34H,6-11H2,1-5H3. The van der Waals surface area contributed by atoms with Crippen molar-refractivity contribution in [3.63, 3.8) is 0 Å². The van der Waals surface area contributed by atoms with Crippen LogP contribution in [0.25, 0.3) is 0 Å². The van der Waals surface area contributed by atoms with Crippen molar-refractivity contribution in [2.75, 3.05) is 34.5 Å². The van der Waals surface area contributed by atoms with Gasteiger partial charge in [-0.25, -0.2) is 0 Å². The fraction of sp³-hybridized carbons (Fsp3) is 1.00. The van der Waals surface area contributed by atoms with Gasteiger partial charge in [0.1, 0.15) is 51.8 Å². The van der Waals surface area contributed by atoms with Crippen molar-refractivity contribution in [1.29, 1.82) is 0 Å². The molecule has 0 spiro atoms. The molecule has 12 atom stereocenters. The quantitative estimate of drug-likeness (QED) is 0.0492. The average Bonchev–Trinajstić information content (AvgIpc) is 3.85. The van der Waals surface area contributed by atoms with Gasteiger partial charge in [-0.05, 0) is 34.6 Å². The monoisotopic (exact) mass is 792 g/mol. The summed E-state index contributed by atoms with van der Waals surface area (Å²) < 4.78 is 28.9. The number of hydrogen-bond donors (Lipinski definition) is 5. The highest BCUT2D eigenvalue weighted by Crippen LogP contribution is 2.55. The summed E-state index contributed by atoms with van der Waals surface area (Å²) in [6, 6.07) is 0. The maximum absolute atomic E-state index is 5.85. The molecule has 5 aliphatic heterocycles. The molecule has 238 valence electrons. The van der Waals surface area contributed by atoms with E-state index in [0.717, 1.165) is 34.5 Å². The Bertz CT molecular complexity index is 917. The first kappa shape index (κ1) is 36.3. The van der Waals surface area contributed by atoms with Gasteiger partial charge >= 0.3 is 0 Å². The zero-order valence-corrected chi connectivity index (χ0v) is 33.7. The lowest BCUT2D eigenvalue weighted by molar-refractivity contribution is 0.394. The summed E-state index contributed by atoms with van der Waals surface area (Å²) >= 11 is 36.4. The normalized spacial score (nSPS) is 48.0. The van der Waals surface area contributed by atoms with Crippen molar-refractivity contribution in [2.24, 2.45) is 0 Å². The van der Waals surface area contributed by atoms with Crippen LogP contribution in [-0.4, -0.2) is 102 Å². The predicted octanol–water partition coefficient (Wildman–Crippen LogP) is 7.24. The van der Waals surface area contributed by atoms with Crippen LogP contribution in [0.4, 0.5) is 0 Å². The number of thioether (sulfide) groups is 7. The van der Waals surface area contributed by atoms with Crippen molar-refractivity contribution in [3.8, 4) is 0 Å². The molecule has 41 heavy (non-hydrogen) atoms. The second-order valence-corrected chi connectivity index (χ2v) is 23.7. The molecule has 5 aliphatic rings. The van der Waals surface area contributed by atoms with E-state index >= 15 is 0 Å². The molecule has 5 heterocycles. The molecule has 5 rings (SSSR count). The van der Waals surface area contributed by atoms with E-state index in [4.69, 9.17) is 23.7 Å². The number of hydrogen-bond acceptors (Lipinski definition) is 17. The summed E-state index contributed by atoms with van der Waals surface area (Å²) in [7, 11) is 0. The predicted molar refractivity (Wildman–Crippen MR) is 205 cm³/mol. The van der Waals surface area contributed by atoms with E-state index in [9.17, 15) is 0 Å². The molecule has 5 fully saturated rings. The maximum atomic E-state index is 5.85. The van der Waals surface area contributed by atoms with Gasteiger partial charge in [-0.15, -0.1) is 122 Å². The zero-order chi connectivity index (χ0) is 29.8. The Morgan fingerprint density at radius 1 is 0.488 bits per heavy atom. The Morgan fingerprint density at radius 3 is 1.17 bits per heavy atom. The smallest absolute Gasteiger partial charge is 0.147 e.